The summed E-state index contributed by atoms with van der Waals surface area (Å²) in [5.41, 5.74) is 1.01. The average Bonchev–Trinajstić information content (AvgIpc) is 2.71. The molecule has 94 valence electrons. The maximum atomic E-state index is 6.23. The highest BCUT2D eigenvalue weighted by molar-refractivity contribution is 6.33. The van der Waals surface area contributed by atoms with Crippen LogP contribution >= 0.6 is 23.2 Å². The first kappa shape index (κ1) is 13.2. The number of hydrogen-bond donors (Lipinski definition) is 1. The summed E-state index contributed by atoms with van der Waals surface area (Å²) in [6.07, 6.45) is 2.65. The predicted octanol–water partition coefficient (Wildman–Crippen LogP) is 3.82. The average molecular weight is 274 g/mol. The molecule has 0 amide bonds. The van der Waals surface area contributed by atoms with Crippen LogP contribution < -0.4 is 5.32 Å². The van der Waals surface area contributed by atoms with E-state index in [-0.39, 0.29) is 12.1 Å². The number of nitrogens with one attached hydrogen (secondary N) is 1. The number of likely N-dealkylation sites (N-methyl/N-ethyl adjacent to an activating group) is 1. The minimum absolute atomic E-state index is 0.103. The van der Waals surface area contributed by atoms with Crippen LogP contribution in [0.15, 0.2) is 18.2 Å². The van der Waals surface area contributed by atoms with Gasteiger partial charge in [0.05, 0.1) is 18.2 Å². The van der Waals surface area contributed by atoms with E-state index in [1.54, 1.807) is 6.07 Å². The van der Waals surface area contributed by atoms with E-state index in [0.717, 1.165) is 23.4 Å². The van der Waals surface area contributed by atoms with Crippen molar-refractivity contribution in [3.63, 3.8) is 0 Å². The molecule has 1 heterocycles. The third kappa shape index (κ3) is 2.94. The van der Waals surface area contributed by atoms with Gasteiger partial charge in [-0.1, -0.05) is 23.2 Å². The lowest BCUT2D eigenvalue weighted by molar-refractivity contribution is 0.0333. The van der Waals surface area contributed by atoms with Crippen molar-refractivity contribution in [3.8, 4) is 0 Å². The summed E-state index contributed by atoms with van der Waals surface area (Å²) in [7, 11) is 1.92. The van der Waals surface area contributed by atoms with E-state index < -0.39 is 0 Å². The molecule has 17 heavy (non-hydrogen) atoms. The second kappa shape index (κ2) is 5.57. The summed E-state index contributed by atoms with van der Waals surface area (Å²) in [4.78, 5) is 0. The molecule has 2 nitrogen and oxygen atoms in total. The lowest BCUT2D eigenvalue weighted by Gasteiger charge is -2.24. The Labute approximate surface area is 112 Å². The van der Waals surface area contributed by atoms with E-state index >= 15 is 0 Å². The standard InChI is InChI=1S/C13H17Cl2NO/c1-8-3-6-12(17-8)13(16-2)10-7-9(14)4-5-11(10)15/h4-5,7-8,12-13,16H,3,6H2,1-2H3. The van der Waals surface area contributed by atoms with Crippen molar-refractivity contribution in [2.75, 3.05) is 7.05 Å². The molecule has 0 saturated carbocycles. The molecular weight excluding hydrogens is 257 g/mol. The maximum Gasteiger partial charge on any atom is 0.0774 e. The Hall–Kier alpha value is -0.280. The predicted molar refractivity (Wildman–Crippen MR) is 71.8 cm³/mol. The molecular formula is C13H17Cl2NO. The van der Waals surface area contributed by atoms with Crippen LogP contribution in [0.1, 0.15) is 31.4 Å². The first-order valence-electron chi connectivity index (χ1n) is 5.89. The lowest BCUT2D eigenvalue weighted by atomic mass is 9.99. The molecule has 1 aromatic carbocycles. The van der Waals surface area contributed by atoms with E-state index in [1.165, 1.54) is 0 Å². The van der Waals surface area contributed by atoms with E-state index in [2.05, 4.69) is 12.2 Å². The molecule has 1 aliphatic rings. The fourth-order valence-corrected chi connectivity index (χ4v) is 2.79. The number of hydrogen-bond acceptors (Lipinski definition) is 2. The topological polar surface area (TPSA) is 21.3 Å². The Morgan fingerprint density at radius 3 is 2.71 bits per heavy atom. The number of halogens is 2. The van der Waals surface area contributed by atoms with Crippen molar-refractivity contribution >= 4 is 23.2 Å². The van der Waals surface area contributed by atoms with Gasteiger partial charge in [-0.3, -0.25) is 0 Å². The minimum Gasteiger partial charge on any atom is -0.373 e. The molecule has 1 N–H and O–H groups in total. The molecule has 3 unspecified atom stereocenters. The Morgan fingerprint density at radius 1 is 1.35 bits per heavy atom. The van der Waals surface area contributed by atoms with Crippen LogP contribution in [-0.4, -0.2) is 19.3 Å². The highest BCUT2D eigenvalue weighted by Gasteiger charge is 2.30. The van der Waals surface area contributed by atoms with Gasteiger partial charge >= 0.3 is 0 Å². The Balaban J connectivity index is 2.25. The van der Waals surface area contributed by atoms with E-state index in [0.29, 0.717) is 11.1 Å². The van der Waals surface area contributed by atoms with Crippen LogP contribution in [0.3, 0.4) is 0 Å². The van der Waals surface area contributed by atoms with Crippen LogP contribution in [0.2, 0.25) is 10.0 Å². The van der Waals surface area contributed by atoms with Crippen molar-refractivity contribution < 1.29 is 4.74 Å². The molecule has 1 fully saturated rings. The quantitative estimate of drug-likeness (QED) is 0.904. The molecule has 0 bridgehead atoms. The minimum atomic E-state index is 0.103. The SMILES string of the molecule is CNC(c1cc(Cl)ccc1Cl)C1CCC(C)O1. The second-order valence-electron chi connectivity index (χ2n) is 4.49. The molecule has 1 saturated heterocycles. The van der Waals surface area contributed by atoms with Crippen molar-refractivity contribution in [1.82, 2.24) is 5.32 Å². The molecule has 1 aromatic rings. The van der Waals surface area contributed by atoms with Crippen LogP contribution in [0.4, 0.5) is 0 Å². The second-order valence-corrected chi connectivity index (χ2v) is 5.34. The van der Waals surface area contributed by atoms with Gasteiger partial charge in [-0.25, -0.2) is 0 Å². The highest BCUT2D eigenvalue weighted by atomic mass is 35.5. The summed E-state index contributed by atoms with van der Waals surface area (Å²) in [6, 6.07) is 5.66. The molecule has 0 aromatic heterocycles. The van der Waals surface area contributed by atoms with Crippen LogP contribution in [-0.2, 0) is 4.74 Å². The Morgan fingerprint density at radius 2 is 2.12 bits per heavy atom. The van der Waals surface area contributed by atoms with Gasteiger partial charge in [-0.15, -0.1) is 0 Å². The zero-order valence-electron chi connectivity index (χ0n) is 10.0. The smallest absolute Gasteiger partial charge is 0.0774 e. The van der Waals surface area contributed by atoms with Gasteiger partial charge in [0, 0.05) is 10.0 Å². The Kier molecular flexibility index (Phi) is 4.31. The Bertz CT molecular complexity index is 397. The molecule has 2 rings (SSSR count). The zero-order chi connectivity index (χ0) is 12.4. The van der Waals surface area contributed by atoms with Crippen LogP contribution in [0, 0.1) is 0 Å². The van der Waals surface area contributed by atoms with E-state index in [4.69, 9.17) is 27.9 Å². The van der Waals surface area contributed by atoms with Gasteiger partial charge in [0.2, 0.25) is 0 Å². The third-order valence-electron chi connectivity index (χ3n) is 3.24. The molecule has 0 radical (unpaired) electrons. The van der Waals surface area contributed by atoms with Gasteiger partial charge < -0.3 is 10.1 Å². The van der Waals surface area contributed by atoms with Gasteiger partial charge in [0.15, 0.2) is 0 Å². The van der Waals surface area contributed by atoms with Crippen LogP contribution in [0.25, 0.3) is 0 Å². The van der Waals surface area contributed by atoms with E-state index in [9.17, 15) is 0 Å². The van der Waals surface area contributed by atoms with Gasteiger partial charge in [0.1, 0.15) is 0 Å². The summed E-state index contributed by atoms with van der Waals surface area (Å²) >= 11 is 12.3. The number of ether oxygens (including phenoxy) is 1. The summed E-state index contributed by atoms with van der Waals surface area (Å²) in [6.45, 7) is 2.10. The van der Waals surface area contributed by atoms with Gasteiger partial charge in [-0.2, -0.15) is 0 Å². The summed E-state index contributed by atoms with van der Waals surface area (Å²) < 4.78 is 5.90. The first-order valence-corrected chi connectivity index (χ1v) is 6.65. The zero-order valence-corrected chi connectivity index (χ0v) is 11.6. The van der Waals surface area contributed by atoms with Gasteiger partial charge in [-0.05, 0) is 50.6 Å². The third-order valence-corrected chi connectivity index (χ3v) is 3.82. The fraction of sp³-hybridized carbons (Fsp3) is 0.538. The molecule has 4 heteroatoms. The molecule has 0 spiro atoms. The van der Waals surface area contributed by atoms with E-state index in [1.807, 2.05) is 19.2 Å². The lowest BCUT2D eigenvalue weighted by Crippen LogP contribution is -2.29. The maximum absolute atomic E-state index is 6.23. The van der Waals surface area contributed by atoms with Gasteiger partial charge in [0.25, 0.3) is 0 Å². The van der Waals surface area contributed by atoms with Crippen molar-refractivity contribution in [2.24, 2.45) is 0 Å². The summed E-state index contributed by atoms with van der Waals surface area (Å²) in [5.74, 6) is 0. The van der Waals surface area contributed by atoms with Crippen molar-refractivity contribution in [2.45, 2.75) is 38.0 Å². The first-order chi connectivity index (χ1) is 8.11. The summed E-state index contributed by atoms with van der Waals surface area (Å²) in [5, 5.41) is 4.72. The van der Waals surface area contributed by atoms with Crippen molar-refractivity contribution in [1.29, 1.82) is 0 Å². The van der Waals surface area contributed by atoms with Crippen molar-refractivity contribution in [3.05, 3.63) is 33.8 Å². The normalized spacial score (nSPS) is 26.1. The fourth-order valence-electron chi connectivity index (χ4n) is 2.37. The molecule has 0 aliphatic carbocycles. The monoisotopic (exact) mass is 273 g/mol. The number of rotatable bonds is 3. The molecule has 1 aliphatic heterocycles. The highest BCUT2D eigenvalue weighted by Crippen LogP contribution is 2.34. The van der Waals surface area contributed by atoms with Crippen LogP contribution in [0.5, 0.6) is 0 Å². The number of benzene rings is 1. The molecule has 3 atom stereocenters. The largest absolute Gasteiger partial charge is 0.373 e.